The number of hydrogen-bond acceptors (Lipinski definition) is 2. The topological polar surface area (TPSA) is 21.3 Å². The Bertz CT molecular complexity index is 167. The summed E-state index contributed by atoms with van der Waals surface area (Å²) in [7, 11) is 0. The molecule has 0 aromatic heterocycles. The number of morpholine rings is 1. The van der Waals surface area contributed by atoms with Gasteiger partial charge in [0, 0.05) is 13.1 Å². The van der Waals surface area contributed by atoms with Gasteiger partial charge in [-0.1, -0.05) is 6.92 Å². The van der Waals surface area contributed by atoms with Crippen molar-refractivity contribution in [3.63, 3.8) is 0 Å². The Hall–Kier alpha value is -0.0800. The minimum Gasteiger partial charge on any atom is -0.369 e. The molecule has 0 aromatic rings. The molecule has 2 fully saturated rings. The predicted octanol–water partition coefficient (Wildman–Crippen LogP) is 1.55. The Morgan fingerprint density at radius 2 is 2.25 bits per heavy atom. The molecule has 1 heterocycles. The molecule has 2 rings (SSSR count). The minimum atomic E-state index is 0.192. The molecule has 1 saturated heterocycles. The maximum atomic E-state index is 6.08. The van der Waals surface area contributed by atoms with Crippen LogP contribution in [0.2, 0.25) is 0 Å². The van der Waals surface area contributed by atoms with Crippen LogP contribution >= 0.6 is 0 Å². The number of hydrogen-bond donors (Lipinski definition) is 1. The highest BCUT2D eigenvalue weighted by atomic mass is 16.5. The molecule has 0 radical (unpaired) electrons. The summed E-state index contributed by atoms with van der Waals surface area (Å²) in [6.07, 6.45) is 4.32. The van der Waals surface area contributed by atoms with E-state index in [0.29, 0.717) is 6.10 Å². The first kappa shape index (κ1) is 8.52. The lowest BCUT2D eigenvalue weighted by Gasteiger charge is -2.40. The zero-order chi connectivity index (χ0) is 8.60. The lowest BCUT2D eigenvalue weighted by atomic mass is 9.92. The Balaban J connectivity index is 2.04. The van der Waals surface area contributed by atoms with Crippen molar-refractivity contribution in [3.8, 4) is 0 Å². The van der Waals surface area contributed by atoms with Gasteiger partial charge in [-0.2, -0.15) is 0 Å². The number of nitrogens with one attached hydrogen (secondary N) is 1. The summed E-state index contributed by atoms with van der Waals surface area (Å²) in [5.74, 6) is 0.845. The van der Waals surface area contributed by atoms with Crippen LogP contribution in [0.4, 0.5) is 0 Å². The molecule has 1 N–H and O–H groups in total. The van der Waals surface area contributed by atoms with Crippen LogP contribution in [0.15, 0.2) is 0 Å². The van der Waals surface area contributed by atoms with Crippen LogP contribution < -0.4 is 5.32 Å². The molecular weight excluding hydrogens is 150 g/mol. The van der Waals surface area contributed by atoms with E-state index in [2.05, 4.69) is 19.2 Å². The molecule has 0 bridgehead atoms. The fourth-order valence-electron chi connectivity index (χ4n) is 2.32. The molecule has 0 amide bonds. The summed E-state index contributed by atoms with van der Waals surface area (Å²) in [4.78, 5) is 0. The lowest BCUT2D eigenvalue weighted by Crippen LogP contribution is -2.54. The van der Waals surface area contributed by atoms with Gasteiger partial charge in [0.15, 0.2) is 0 Å². The smallest absolute Gasteiger partial charge is 0.0835 e. The van der Waals surface area contributed by atoms with Gasteiger partial charge in [-0.25, -0.2) is 0 Å². The van der Waals surface area contributed by atoms with Crippen molar-refractivity contribution in [1.82, 2.24) is 5.32 Å². The summed E-state index contributed by atoms with van der Waals surface area (Å²) >= 11 is 0. The van der Waals surface area contributed by atoms with E-state index in [1.54, 1.807) is 0 Å². The maximum Gasteiger partial charge on any atom is 0.0835 e. The first-order valence-electron chi connectivity index (χ1n) is 5.15. The molecule has 1 aliphatic carbocycles. The van der Waals surface area contributed by atoms with Gasteiger partial charge in [0.1, 0.15) is 0 Å². The molecule has 1 saturated carbocycles. The van der Waals surface area contributed by atoms with Crippen LogP contribution in [0.3, 0.4) is 0 Å². The van der Waals surface area contributed by atoms with Crippen LogP contribution in [0.1, 0.15) is 33.1 Å². The van der Waals surface area contributed by atoms with Gasteiger partial charge in [0.05, 0.1) is 11.7 Å². The van der Waals surface area contributed by atoms with Crippen LogP contribution in [-0.4, -0.2) is 24.8 Å². The van der Waals surface area contributed by atoms with Gasteiger partial charge in [0.25, 0.3) is 0 Å². The van der Waals surface area contributed by atoms with E-state index in [1.165, 1.54) is 12.8 Å². The van der Waals surface area contributed by atoms with Crippen molar-refractivity contribution in [1.29, 1.82) is 0 Å². The SMILES string of the molecule is CCC1(C2CC2)CNCC(C)O1. The molecule has 2 nitrogen and oxygen atoms in total. The quantitative estimate of drug-likeness (QED) is 0.677. The van der Waals surface area contributed by atoms with E-state index < -0.39 is 0 Å². The maximum absolute atomic E-state index is 6.08. The molecule has 0 aromatic carbocycles. The second-order valence-electron chi connectivity index (χ2n) is 4.25. The summed E-state index contributed by atoms with van der Waals surface area (Å²) in [6, 6.07) is 0. The largest absolute Gasteiger partial charge is 0.369 e. The monoisotopic (exact) mass is 169 g/mol. The zero-order valence-corrected chi connectivity index (χ0v) is 8.10. The number of rotatable bonds is 2. The summed E-state index contributed by atoms with van der Waals surface area (Å²) in [5, 5.41) is 3.47. The Morgan fingerprint density at radius 3 is 2.75 bits per heavy atom. The summed E-state index contributed by atoms with van der Waals surface area (Å²) in [6.45, 7) is 6.50. The second kappa shape index (κ2) is 3.00. The fraction of sp³-hybridized carbons (Fsp3) is 1.00. The molecule has 12 heavy (non-hydrogen) atoms. The van der Waals surface area contributed by atoms with Crippen LogP contribution in [0.5, 0.6) is 0 Å². The highest BCUT2D eigenvalue weighted by Gasteiger charge is 2.47. The van der Waals surface area contributed by atoms with E-state index in [-0.39, 0.29) is 5.60 Å². The fourth-order valence-corrected chi connectivity index (χ4v) is 2.32. The Kier molecular flexibility index (Phi) is 2.13. The third-order valence-electron chi connectivity index (χ3n) is 3.21. The second-order valence-corrected chi connectivity index (χ2v) is 4.25. The van der Waals surface area contributed by atoms with Crippen molar-refractivity contribution in [2.24, 2.45) is 5.92 Å². The van der Waals surface area contributed by atoms with Crippen molar-refractivity contribution < 1.29 is 4.74 Å². The summed E-state index contributed by atoms with van der Waals surface area (Å²) < 4.78 is 6.08. The van der Waals surface area contributed by atoms with E-state index >= 15 is 0 Å². The average Bonchev–Trinajstić information content (AvgIpc) is 2.86. The van der Waals surface area contributed by atoms with E-state index in [9.17, 15) is 0 Å². The third-order valence-corrected chi connectivity index (χ3v) is 3.21. The molecular formula is C10H19NO. The third kappa shape index (κ3) is 1.38. The molecule has 0 spiro atoms. The first-order chi connectivity index (χ1) is 5.77. The van der Waals surface area contributed by atoms with Gasteiger partial charge >= 0.3 is 0 Å². The van der Waals surface area contributed by atoms with Crippen molar-refractivity contribution >= 4 is 0 Å². The van der Waals surface area contributed by atoms with Crippen molar-refractivity contribution in [3.05, 3.63) is 0 Å². The Labute approximate surface area is 74.7 Å². The first-order valence-corrected chi connectivity index (χ1v) is 5.15. The highest BCUT2D eigenvalue weighted by Crippen LogP contribution is 2.44. The van der Waals surface area contributed by atoms with Crippen LogP contribution in [-0.2, 0) is 4.74 Å². The zero-order valence-electron chi connectivity index (χ0n) is 8.10. The molecule has 70 valence electrons. The van der Waals surface area contributed by atoms with Crippen LogP contribution in [0.25, 0.3) is 0 Å². The Morgan fingerprint density at radius 1 is 1.50 bits per heavy atom. The van der Waals surface area contributed by atoms with Gasteiger partial charge < -0.3 is 10.1 Å². The minimum absolute atomic E-state index is 0.192. The highest BCUT2D eigenvalue weighted by molar-refractivity contribution is 4.99. The summed E-state index contributed by atoms with van der Waals surface area (Å²) in [5.41, 5.74) is 0.192. The van der Waals surface area contributed by atoms with Crippen molar-refractivity contribution in [2.45, 2.75) is 44.8 Å². The predicted molar refractivity (Wildman–Crippen MR) is 49.2 cm³/mol. The van der Waals surface area contributed by atoms with Gasteiger partial charge in [-0.3, -0.25) is 0 Å². The van der Waals surface area contributed by atoms with E-state index in [0.717, 1.165) is 25.4 Å². The lowest BCUT2D eigenvalue weighted by molar-refractivity contribution is -0.124. The van der Waals surface area contributed by atoms with Gasteiger partial charge in [-0.05, 0) is 32.1 Å². The molecule has 1 aliphatic heterocycles. The van der Waals surface area contributed by atoms with Gasteiger partial charge in [0.2, 0.25) is 0 Å². The number of ether oxygens (including phenoxy) is 1. The van der Waals surface area contributed by atoms with E-state index in [4.69, 9.17) is 4.74 Å². The normalized spacial score (nSPS) is 43.0. The molecule has 2 atom stereocenters. The van der Waals surface area contributed by atoms with Crippen LogP contribution in [0, 0.1) is 5.92 Å². The van der Waals surface area contributed by atoms with Gasteiger partial charge in [-0.15, -0.1) is 0 Å². The van der Waals surface area contributed by atoms with E-state index in [1.807, 2.05) is 0 Å². The molecule has 2 aliphatic rings. The standard InChI is InChI=1S/C10H19NO/c1-3-10(9-4-5-9)7-11-6-8(2)12-10/h8-9,11H,3-7H2,1-2H3. The molecule has 2 heteroatoms. The molecule has 2 unspecified atom stereocenters. The average molecular weight is 169 g/mol. The van der Waals surface area contributed by atoms with Crippen molar-refractivity contribution in [2.75, 3.05) is 13.1 Å².